The van der Waals surface area contributed by atoms with E-state index in [0.717, 1.165) is 24.1 Å². The molecule has 1 aliphatic heterocycles. The molecule has 0 saturated carbocycles. The van der Waals surface area contributed by atoms with Gasteiger partial charge in [-0.15, -0.1) is 11.3 Å². The summed E-state index contributed by atoms with van der Waals surface area (Å²) in [4.78, 5) is 25.1. The molecule has 0 aromatic carbocycles. The fraction of sp³-hybridized carbons (Fsp3) is 0.333. The summed E-state index contributed by atoms with van der Waals surface area (Å²) in [6, 6.07) is 3.58. The quantitative estimate of drug-likeness (QED) is 0.574. The Morgan fingerprint density at radius 1 is 1.50 bits per heavy atom. The molecule has 0 spiro atoms. The molecule has 4 heteroatoms. The SMILES string of the molecule is O=Cc1ccc(C#CCN2CCCC2=O)s1. The minimum Gasteiger partial charge on any atom is -0.332 e. The molecule has 0 radical (unpaired) electrons. The lowest BCUT2D eigenvalue weighted by molar-refractivity contribution is -0.127. The van der Waals surface area contributed by atoms with Gasteiger partial charge in [0.1, 0.15) is 0 Å². The lowest BCUT2D eigenvalue weighted by atomic mass is 10.4. The first-order chi connectivity index (χ1) is 7.79. The Morgan fingerprint density at radius 3 is 3.00 bits per heavy atom. The third-order valence-corrected chi connectivity index (χ3v) is 3.32. The standard InChI is InChI=1S/C12H11NO2S/c14-9-11-6-5-10(16-11)3-1-7-13-8-2-4-12(13)15/h5-6,9H,2,4,7-8H2. The molecule has 0 unspecified atom stereocenters. The molecule has 82 valence electrons. The molecule has 0 aliphatic carbocycles. The third kappa shape index (κ3) is 2.50. The molecule has 2 rings (SSSR count). The number of hydrogen-bond donors (Lipinski definition) is 0. The number of rotatable bonds is 2. The predicted octanol–water partition coefficient (Wildman–Crippen LogP) is 1.53. The van der Waals surface area contributed by atoms with Crippen molar-refractivity contribution in [1.82, 2.24) is 4.90 Å². The molecule has 1 aromatic rings. The minimum absolute atomic E-state index is 0.189. The summed E-state index contributed by atoms with van der Waals surface area (Å²) >= 11 is 1.37. The summed E-state index contributed by atoms with van der Waals surface area (Å²) in [6.45, 7) is 1.31. The summed E-state index contributed by atoms with van der Waals surface area (Å²) in [5.41, 5.74) is 0. The van der Waals surface area contributed by atoms with E-state index < -0.39 is 0 Å². The van der Waals surface area contributed by atoms with Crippen LogP contribution in [0.15, 0.2) is 12.1 Å². The number of carbonyl (C=O) groups excluding carboxylic acids is 2. The van der Waals surface area contributed by atoms with Gasteiger partial charge < -0.3 is 4.90 Å². The Bertz CT molecular complexity index is 467. The van der Waals surface area contributed by atoms with Crippen LogP contribution in [0.5, 0.6) is 0 Å². The topological polar surface area (TPSA) is 37.4 Å². The van der Waals surface area contributed by atoms with Crippen LogP contribution >= 0.6 is 11.3 Å². The maximum Gasteiger partial charge on any atom is 0.223 e. The van der Waals surface area contributed by atoms with E-state index in [1.54, 1.807) is 11.0 Å². The van der Waals surface area contributed by atoms with Crippen molar-refractivity contribution in [2.45, 2.75) is 12.8 Å². The molecular weight excluding hydrogens is 222 g/mol. The highest BCUT2D eigenvalue weighted by Gasteiger charge is 2.18. The van der Waals surface area contributed by atoms with Crippen LogP contribution in [0.3, 0.4) is 0 Å². The van der Waals surface area contributed by atoms with Crippen molar-refractivity contribution in [3.63, 3.8) is 0 Å². The molecule has 1 fully saturated rings. The summed E-state index contributed by atoms with van der Waals surface area (Å²) in [6.07, 6.45) is 2.41. The van der Waals surface area contributed by atoms with Crippen LogP contribution in [0.2, 0.25) is 0 Å². The first kappa shape index (κ1) is 10.9. The van der Waals surface area contributed by atoms with E-state index in [1.807, 2.05) is 6.07 Å². The van der Waals surface area contributed by atoms with Crippen LogP contribution in [0.25, 0.3) is 0 Å². The Morgan fingerprint density at radius 2 is 2.38 bits per heavy atom. The number of likely N-dealkylation sites (tertiary alicyclic amines) is 1. The molecule has 0 bridgehead atoms. The first-order valence-electron chi connectivity index (χ1n) is 5.11. The number of carbonyl (C=O) groups is 2. The van der Waals surface area contributed by atoms with Crippen molar-refractivity contribution in [2.75, 3.05) is 13.1 Å². The van der Waals surface area contributed by atoms with Gasteiger partial charge >= 0.3 is 0 Å². The summed E-state index contributed by atoms with van der Waals surface area (Å²) in [5, 5.41) is 0. The van der Waals surface area contributed by atoms with E-state index in [4.69, 9.17) is 0 Å². The van der Waals surface area contributed by atoms with Crippen LogP contribution in [-0.4, -0.2) is 30.2 Å². The van der Waals surface area contributed by atoms with Gasteiger partial charge in [0.25, 0.3) is 0 Å². The second-order valence-corrected chi connectivity index (χ2v) is 4.66. The van der Waals surface area contributed by atoms with Gasteiger partial charge in [-0.1, -0.05) is 11.8 Å². The molecule has 1 aliphatic rings. The van der Waals surface area contributed by atoms with Crippen molar-refractivity contribution in [2.24, 2.45) is 0 Å². The second-order valence-electron chi connectivity index (χ2n) is 3.54. The smallest absolute Gasteiger partial charge is 0.223 e. The number of thiophene rings is 1. The second kappa shape index (κ2) is 4.95. The lowest BCUT2D eigenvalue weighted by Crippen LogP contribution is -2.24. The Hall–Kier alpha value is -1.60. The zero-order valence-electron chi connectivity index (χ0n) is 8.73. The van der Waals surface area contributed by atoms with Crippen LogP contribution in [0.1, 0.15) is 27.4 Å². The van der Waals surface area contributed by atoms with Gasteiger partial charge in [-0.3, -0.25) is 9.59 Å². The fourth-order valence-electron chi connectivity index (χ4n) is 1.58. The van der Waals surface area contributed by atoms with Crippen LogP contribution in [0.4, 0.5) is 0 Å². The third-order valence-electron chi connectivity index (χ3n) is 2.40. The van der Waals surface area contributed by atoms with E-state index in [1.165, 1.54) is 11.3 Å². The van der Waals surface area contributed by atoms with E-state index in [9.17, 15) is 9.59 Å². The molecule has 1 aromatic heterocycles. The van der Waals surface area contributed by atoms with E-state index in [2.05, 4.69) is 11.8 Å². The maximum atomic E-state index is 11.3. The van der Waals surface area contributed by atoms with E-state index in [-0.39, 0.29) is 5.91 Å². The van der Waals surface area contributed by atoms with Crippen molar-refractivity contribution >= 4 is 23.5 Å². The highest BCUT2D eigenvalue weighted by molar-refractivity contribution is 7.14. The Balaban J connectivity index is 1.94. The van der Waals surface area contributed by atoms with Crippen molar-refractivity contribution in [3.8, 4) is 11.8 Å². The highest BCUT2D eigenvalue weighted by atomic mass is 32.1. The molecule has 0 N–H and O–H groups in total. The number of nitrogens with zero attached hydrogens (tertiary/aromatic N) is 1. The van der Waals surface area contributed by atoms with Crippen molar-refractivity contribution in [1.29, 1.82) is 0 Å². The largest absolute Gasteiger partial charge is 0.332 e. The summed E-state index contributed by atoms with van der Waals surface area (Å²) in [5.74, 6) is 6.11. The average Bonchev–Trinajstić information content (AvgIpc) is 2.89. The first-order valence-corrected chi connectivity index (χ1v) is 5.93. The molecule has 16 heavy (non-hydrogen) atoms. The summed E-state index contributed by atoms with van der Waals surface area (Å²) in [7, 11) is 0. The molecule has 1 saturated heterocycles. The molecular formula is C12H11NO2S. The van der Waals surface area contributed by atoms with Crippen LogP contribution < -0.4 is 0 Å². The zero-order chi connectivity index (χ0) is 11.4. The number of amides is 1. The van der Waals surface area contributed by atoms with Gasteiger partial charge in [0.05, 0.1) is 16.3 Å². The van der Waals surface area contributed by atoms with E-state index >= 15 is 0 Å². The maximum absolute atomic E-state index is 11.3. The normalized spacial score (nSPS) is 14.8. The van der Waals surface area contributed by atoms with Gasteiger partial charge in [-0.2, -0.15) is 0 Å². The van der Waals surface area contributed by atoms with E-state index in [0.29, 0.717) is 17.8 Å². The monoisotopic (exact) mass is 233 g/mol. The fourth-order valence-corrected chi connectivity index (χ4v) is 2.27. The lowest BCUT2D eigenvalue weighted by Gasteiger charge is -2.09. The van der Waals surface area contributed by atoms with Gasteiger partial charge in [-0.25, -0.2) is 0 Å². The number of aldehydes is 1. The number of hydrogen-bond acceptors (Lipinski definition) is 3. The van der Waals surface area contributed by atoms with Crippen LogP contribution in [0, 0.1) is 11.8 Å². The molecule has 0 atom stereocenters. The Labute approximate surface area is 98.1 Å². The molecule has 2 heterocycles. The molecule has 3 nitrogen and oxygen atoms in total. The highest BCUT2D eigenvalue weighted by Crippen LogP contribution is 2.13. The average molecular weight is 233 g/mol. The van der Waals surface area contributed by atoms with Crippen molar-refractivity contribution < 1.29 is 9.59 Å². The predicted molar refractivity (Wildman–Crippen MR) is 62.4 cm³/mol. The van der Waals surface area contributed by atoms with Gasteiger partial charge in [0.15, 0.2) is 6.29 Å². The van der Waals surface area contributed by atoms with Gasteiger partial charge in [-0.05, 0) is 18.6 Å². The molecule has 1 amide bonds. The van der Waals surface area contributed by atoms with Gasteiger partial charge in [0.2, 0.25) is 5.91 Å². The Kier molecular flexibility index (Phi) is 3.37. The van der Waals surface area contributed by atoms with Crippen molar-refractivity contribution in [3.05, 3.63) is 21.9 Å². The minimum atomic E-state index is 0.189. The van der Waals surface area contributed by atoms with Crippen LogP contribution in [-0.2, 0) is 4.79 Å². The zero-order valence-corrected chi connectivity index (χ0v) is 9.55. The summed E-state index contributed by atoms with van der Waals surface area (Å²) < 4.78 is 0. The van der Waals surface area contributed by atoms with Gasteiger partial charge in [0, 0.05) is 13.0 Å².